The molecule has 8 nitrogen and oxygen atoms in total. The minimum absolute atomic E-state index is 0.291. The molecule has 1 aliphatic rings. The van der Waals surface area contributed by atoms with Gasteiger partial charge in [0, 0.05) is 31.2 Å². The molecule has 0 unspecified atom stereocenters. The van der Waals surface area contributed by atoms with E-state index in [1.54, 1.807) is 41.8 Å². The SMILES string of the molecule is CCOC(=O)N1CCN(C(=O)[C@@H](CC)N(c2cccc(Cl)c2)S(C)(=O)=O)CC1. The number of hydrogen-bond donors (Lipinski definition) is 0. The van der Waals surface area contributed by atoms with Gasteiger partial charge in [-0.25, -0.2) is 13.2 Å². The first kappa shape index (κ1) is 22.3. The van der Waals surface area contributed by atoms with Crippen LogP contribution in [0.3, 0.4) is 0 Å². The van der Waals surface area contributed by atoms with Crippen LogP contribution in [0.15, 0.2) is 24.3 Å². The predicted molar refractivity (Wildman–Crippen MR) is 108 cm³/mol. The van der Waals surface area contributed by atoms with E-state index >= 15 is 0 Å². The van der Waals surface area contributed by atoms with Crippen LogP contribution < -0.4 is 4.31 Å². The van der Waals surface area contributed by atoms with Crippen LogP contribution >= 0.6 is 11.6 Å². The second kappa shape index (κ2) is 9.47. The van der Waals surface area contributed by atoms with E-state index in [1.807, 2.05) is 0 Å². The summed E-state index contributed by atoms with van der Waals surface area (Å²) in [7, 11) is -3.72. The molecule has 2 amide bonds. The van der Waals surface area contributed by atoms with Crippen molar-refractivity contribution in [2.75, 3.05) is 43.3 Å². The average molecular weight is 432 g/mol. The van der Waals surface area contributed by atoms with Gasteiger partial charge in [0.05, 0.1) is 18.6 Å². The molecular weight excluding hydrogens is 406 g/mol. The van der Waals surface area contributed by atoms with E-state index < -0.39 is 22.2 Å². The van der Waals surface area contributed by atoms with E-state index in [9.17, 15) is 18.0 Å². The lowest BCUT2D eigenvalue weighted by Gasteiger charge is -2.38. The number of sulfonamides is 1. The molecule has 156 valence electrons. The molecule has 0 spiro atoms. The van der Waals surface area contributed by atoms with Gasteiger partial charge in [-0.15, -0.1) is 0 Å². The van der Waals surface area contributed by atoms with Crippen LogP contribution in [-0.4, -0.2) is 75.3 Å². The molecule has 1 aromatic carbocycles. The zero-order chi connectivity index (χ0) is 20.9. The summed E-state index contributed by atoms with van der Waals surface area (Å²) in [6.45, 7) is 5.12. The van der Waals surface area contributed by atoms with Gasteiger partial charge >= 0.3 is 6.09 Å². The number of amides is 2. The fourth-order valence-corrected chi connectivity index (χ4v) is 4.57. The Morgan fingerprint density at radius 3 is 2.29 bits per heavy atom. The summed E-state index contributed by atoms with van der Waals surface area (Å²) in [6, 6.07) is 5.54. The Kier molecular flexibility index (Phi) is 7.54. The van der Waals surface area contributed by atoms with Crippen molar-refractivity contribution in [2.24, 2.45) is 0 Å². The third-order valence-electron chi connectivity index (χ3n) is 4.49. The van der Waals surface area contributed by atoms with Crippen molar-refractivity contribution in [1.82, 2.24) is 9.80 Å². The van der Waals surface area contributed by atoms with Gasteiger partial charge in [0.15, 0.2) is 0 Å². The van der Waals surface area contributed by atoms with Gasteiger partial charge in [-0.1, -0.05) is 24.6 Å². The highest BCUT2D eigenvalue weighted by atomic mass is 35.5. The van der Waals surface area contributed by atoms with Gasteiger partial charge in [-0.2, -0.15) is 0 Å². The lowest BCUT2D eigenvalue weighted by Crippen LogP contribution is -2.56. The number of nitrogens with zero attached hydrogens (tertiary/aromatic N) is 3. The molecular formula is C18H26ClN3O5S. The molecule has 1 fully saturated rings. The number of anilines is 1. The number of rotatable bonds is 6. The molecule has 28 heavy (non-hydrogen) atoms. The minimum atomic E-state index is -3.72. The summed E-state index contributed by atoms with van der Waals surface area (Å²) in [5.74, 6) is -0.295. The van der Waals surface area contributed by atoms with Crippen LogP contribution in [0.25, 0.3) is 0 Å². The summed E-state index contributed by atoms with van der Waals surface area (Å²) in [4.78, 5) is 28.1. The maximum atomic E-state index is 13.1. The fraction of sp³-hybridized carbons (Fsp3) is 0.556. The molecule has 0 bridgehead atoms. The van der Waals surface area contributed by atoms with Crippen molar-refractivity contribution >= 4 is 39.3 Å². The maximum absolute atomic E-state index is 13.1. The molecule has 1 aliphatic heterocycles. The molecule has 1 heterocycles. The smallest absolute Gasteiger partial charge is 0.409 e. The first-order valence-corrected chi connectivity index (χ1v) is 11.4. The highest BCUT2D eigenvalue weighted by Gasteiger charge is 2.36. The van der Waals surface area contributed by atoms with Crippen LogP contribution in [0, 0.1) is 0 Å². The summed E-state index contributed by atoms with van der Waals surface area (Å²) >= 11 is 6.02. The zero-order valence-corrected chi connectivity index (χ0v) is 17.9. The second-order valence-electron chi connectivity index (χ2n) is 6.47. The number of carbonyl (C=O) groups is 2. The summed E-state index contributed by atoms with van der Waals surface area (Å²) in [6.07, 6.45) is 0.970. The molecule has 0 aromatic heterocycles. The van der Waals surface area contributed by atoms with E-state index in [-0.39, 0.29) is 5.91 Å². The Bertz CT molecular complexity index is 809. The van der Waals surface area contributed by atoms with Crippen molar-refractivity contribution < 1.29 is 22.7 Å². The van der Waals surface area contributed by atoms with Crippen molar-refractivity contribution in [3.63, 3.8) is 0 Å². The highest BCUT2D eigenvalue weighted by Crippen LogP contribution is 2.26. The van der Waals surface area contributed by atoms with Gasteiger partial charge in [0.1, 0.15) is 6.04 Å². The topological polar surface area (TPSA) is 87.2 Å². The third kappa shape index (κ3) is 5.29. The molecule has 10 heteroatoms. The van der Waals surface area contributed by atoms with E-state index in [0.717, 1.165) is 10.6 Å². The first-order valence-electron chi connectivity index (χ1n) is 9.14. The number of carbonyl (C=O) groups excluding carboxylic acids is 2. The summed E-state index contributed by atoms with van der Waals surface area (Å²) in [5.41, 5.74) is 0.348. The normalized spacial score (nSPS) is 15.9. The lowest BCUT2D eigenvalue weighted by molar-refractivity contribution is -0.134. The number of benzene rings is 1. The zero-order valence-electron chi connectivity index (χ0n) is 16.3. The monoisotopic (exact) mass is 431 g/mol. The lowest BCUT2D eigenvalue weighted by atomic mass is 10.1. The Hall–Kier alpha value is -2.00. The first-order chi connectivity index (χ1) is 13.2. The summed E-state index contributed by atoms with van der Waals surface area (Å²) < 4.78 is 31.1. The Morgan fingerprint density at radius 2 is 1.79 bits per heavy atom. The fourth-order valence-electron chi connectivity index (χ4n) is 3.19. The van der Waals surface area contributed by atoms with Crippen LogP contribution in [0.5, 0.6) is 0 Å². The van der Waals surface area contributed by atoms with Crippen LogP contribution in [0.2, 0.25) is 5.02 Å². The van der Waals surface area contributed by atoms with E-state index in [2.05, 4.69) is 0 Å². The molecule has 0 N–H and O–H groups in total. The molecule has 1 saturated heterocycles. The van der Waals surface area contributed by atoms with E-state index in [1.165, 1.54) is 6.07 Å². The molecule has 2 rings (SSSR count). The third-order valence-corrected chi connectivity index (χ3v) is 5.91. The van der Waals surface area contributed by atoms with Crippen LogP contribution in [0.1, 0.15) is 20.3 Å². The van der Waals surface area contributed by atoms with E-state index in [4.69, 9.17) is 16.3 Å². The van der Waals surface area contributed by atoms with Gasteiger partial charge < -0.3 is 14.5 Å². The molecule has 0 radical (unpaired) electrons. The Morgan fingerprint density at radius 1 is 1.18 bits per heavy atom. The second-order valence-corrected chi connectivity index (χ2v) is 8.77. The van der Waals surface area contributed by atoms with Crippen molar-refractivity contribution in [3.8, 4) is 0 Å². The molecule has 0 aliphatic carbocycles. The van der Waals surface area contributed by atoms with Gasteiger partial charge in [0.2, 0.25) is 15.9 Å². The molecule has 0 saturated carbocycles. The number of ether oxygens (including phenoxy) is 1. The van der Waals surface area contributed by atoms with E-state index in [0.29, 0.717) is 49.9 Å². The van der Waals surface area contributed by atoms with Gasteiger partial charge in [-0.3, -0.25) is 9.10 Å². The number of halogens is 1. The van der Waals surface area contributed by atoms with Gasteiger partial charge in [-0.05, 0) is 31.5 Å². The Labute approximate surface area is 171 Å². The minimum Gasteiger partial charge on any atom is -0.450 e. The van der Waals surface area contributed by atoms with Crippen molar-refractivity contribution in [1.29, 1.82) is 0 Å². The average Bonchev–Trinajstić information content (AvgIpc) is 2.64. The van der Waals surface area contributed by atoms with Crippen LogP contribution in [-0.2, 0) is 19.6 Å². The van der Waals surface area contributed by atoms with Crippen molar-refractivity contribution in [3.05, 3.63) is 29.3 Å². The van der Waals surface area contributed by atoms with Crippen molar-refractivity contribution in [2.45, 2.75) is 26.3 Å². The molecule has 1 atom stereocenters. The molecule has 1 aromatic rings. The predicted octanol–water partition coefficient (Wildman–Crippen LogP) is 2.19. The number of hydrogen-bond acceptors (Lipinski definition) is 5. The quantitative estimate of drug-likeness (QED) is 0.689. The standard InChI is InChI=1S/C18H26ClN3O5S/c1-4-16(22(28(3,25)26)15-8-6-7-14(19)13-15)17(23)20-9-11-21(12-10-20)18(24)27-5-2/h6-8,13,16H,4-5,9-12H2,1-3H3/t16-/m1/s1. The van der Waals surface area contributed by atoms with Gasteiger partial charge in [0.25, 0.3) is 0 Å². The highest BCUT2D eigenvalue weighted by molar-refractivity contribution is 7.92. The number of piperazine rings is 1. The van der Waals surface area contributed by atoms with Crippen LogP contribution in [0.4, 0.5) is 10.5 Å². The maximum Gasteiger partial charge on any atom is 0.409 e. The Balaban J connectivity index is 2.20. The largest absolute Gasteiger partial charge is 0.450 e. The summed E-state index contributed by atoms with van der Waals surface area (Å²) in [5, 5.41) is 0.386.